The summed E-state index contributed by atoms with van der Waals surface area (Å²) in [6.45, 7) is 1.87. The van der Waals surface area contributed by atoms with E-state index in [0.29, 0.717) is 12.1 Å². The maximum Gasteiger partial charge on any atom is 0.326 e. The Morgan fingerprint density at radius 1 is 1.61 bits per heavy atom. The van der Waals surface area contributed by atoms with Gasteiger partial charge in [-0.1, -0.05) is 6.92 Å². The van der Waals surface area contributed by atoms with Crippen LogP contribution in [0.25, 0.3) is 0 Å². The first kappa shape index (κ1) is 14.2. The van der Waals surface area contributed by atoms with Gasteiger partial charge in [0.25, 0.3) is 0 Å². The average Bonchev–Trinajstić information content (AvgIpc) is 2.80. The van der Waals surface area contributed by atoms with Gasteiger partial charge in [0.05, 0.1) is 6.33 Å². The van der Waals surface area contributed by atoms with Crippen molar-refractivity contribution < 1.29 is 14.7 Å². The standard InChI is InChI=1S/C11H18N4O3/c1-2-7(12)3-10(16)15-9(11(17)18)4-8-5-13-6-14-8/h5-7,9H,2-4,12H2,1H3,(H,13,14)(H,15,16)(H,17,18). The highest BCUT2D eigenvalue weighted by Crippen LogP contribution is 2.00. The molecule has 7 nitrogen and oxygen atoms in total. The monoisotopic (exact) mass is 254 g/mol. The van der Waals surface area contributed by atoms with E-state index in [9.17, 15) is 9.59 Å². The molecule has 0 saturated carbocycles. The highest BCUT2D eigenvalue weighted by molar-refractivity contribution is 5.83. The quantitative estimate of drug-likeness (QED) is 0.530. The lowest BCUT2D eigenvalue weighted by molar-refractivity contribution is -0.141. The van der Waals surface area contributed by atoms with E-state index < -0.39 is 12.0 Å². The molecule has 1 rings (SSSR count). The normalized spacial score (nSPS) is 13.9. The molecule has 0 fully saturated rings. The molecule has 0 aliphatic heterocycles. The third-order valence-electron chi connectivity index (χ3n) is 2.58. The number of amides is 1. The zero-order chi connectivity index (χ0) is 13.5. The van der Waals surface area contributed by atoms with E-state index in [2.05, 4.69) is 15.3 Å². The van der Waals surface area contributed by atoms with Crippen molar-refractivity contribution in [2.75, 3.05) is 0 Å². The zero-order valence-corrected chi connectivity index (χ0v) is 10.2. The number of carboxylic acid groups (broad SMARTS) is 1. The van der Waals surface area contributed by atoms with E-state index in [-0.39, 0.29) is 24.8 Å². The lowest BCUT2D eigenvalue weighted by Crippen LogP contribution is -2.44. The van der Waals surface area contributed by atoms with E-state index in [1.807, 2.05) is 6.92 Å². The molecule has 1 aromatic rings. The SMILES string of the molecule is CCC(N)CC(=O)NC(Cc1cnc[nH]1)C(=O)O. The number of nitrogens with two attached hydrogens (primary N) is 1. The van der Waals surface area contributed by atoms with Crippen LogP contribution in [0.4, 0.5) is 0 Å². The number of hydrogen-bond donors (Lipinski definition) is 4. The van der Waals surface area contributed by atoms with Gasteiger partial charge < -0.3 is 21.1 Å². The Morgan fingerprint density at radius 3 is 2.83 bits per heavy atom. The van der Waals surface area contributed by atoms with Crippen LogP contribution in [0.15, 0.2) is 12.5 Å². The van der Waals surface area contributed by atoms with Crippen molar-refractivity contribution in [3.8, 4) is 0 Å². The molecule has 2 unspecified atom stereocenters. The van der Waals surface area contributed by atoms with E-state index in [1.54, 1.807) is 0 Å². The van der Waals surface area contributed by atoms with Crippen LogP contribution in [-0.4, -0.2) is 39.0 Å². The average molecular weight is 254 g/mol. The Morgan fingerprint density at radius 2 is 2.33 bits per heavy atom. The Hall–Kier alpha value is -1.89. The number of carbonyl (C=O) groups excluding carboxylic acids is 1. The summed E-state index contributed by atoms with van der Waals surface area (Å²) in [6, 6.07) is -1.21. The van der Waals surface area contributed by atoms with Crippen molar-refractivity contribution in [1.82, 2.24) is 15.3 Å². The molecule has 0 bridgehead atoms. The lowest BCUT2D eigenvalue weighted by atomic mass is 10.1. The number of aliphatic carboxylic acids is 1. The van der Waals surface area contributed by atoms with Gasteiger partial charge in [-0.2, -0.15) is 0 Å². The fourth-order valence-electron chi connectivity index (χ4n) is 1.45. The van der Waals surface area contributed by atoms with Gasteiger partial charge in [-0.3, -0.25) is 4.79 Å². The number of carboxylic acids is 1. The fraction of sp³-hybridized carbons (Fsp3) is 0.545. The molecule has 1 aromatic heterocycles. The first-order valence-corrected chi connectivity index (χ1v) is 5.78. The van der Waals surface area contributed by atoms with Crippen molar-refractivity contribution >= 4 is 11.9 Å². The molecule has 0 radical (unpaired) electrons. The second-order valence-corrected chi connectivity index (χ2v) is 4.11. The number of imidazole rings is 1. The number of aromatic amines is 1. The van der Waals surface area contributed by atoms with Crippen LogP contribution >= 0.6 is 0 Å². The lowest BCUT2D eigenvalue weighted by Gasteiger charge is -2.15. The van der Waals surface area contributed by atoms with Crippen molar-refractivity contribution in [1.29, 1.82) is 0 Å². The van der Waals surface area contributed by atoms with Gasteiger partial charge in [-0.15, -0.1) is 0 Å². The minimum absolute atomic E-state index is 0.128. The highest BCUT2D eigenvalue weighted by atomic mass is 16.4. The molecule has 7 heteroatoms. The highest BCUT2D eigenvalue weighted by Gasteiger charge is 2.21. The maximum atomic E-state index is 11.6. The molecule has 1 heterocycles. The Kier molecular flexibility index (Phi) is 5.31. The number of hydrogen-bond acceptors (Lipinski definition) is 4. The summed E-state index contributed by atoms with van der Waals surface area (Å²) >= 11 is 0. The van der Waals surface area contributed by atoms with Gasteiger partial charge in [-0.05, 0) is 6.42 Å². The van der Waals surface area contributed by atoms with E-state index >= 15 is 0 Å². The zero-order valence-electron chi connectivity index (χ0n) is 10.2. The summed E-state index contributed by atoms with van der Waals surface area (Å²) in [7, 11) is 0. The van der Waals surface area contributed by atoms with Crippen molar-refractivity contribution in [2.45, 2.75) is 38.3 Å². The molecule has 5 N–H and O–H groups in total. The summed E-state index contributed by atoms with van der Waals surface area (Å²) in [5, 5.41) is 11.5. The third-order valence-corrected chi connectivity index (χ3v) is 2.58. The molecular formula is C11H18N4O3. The van der Waals surface area contributed by atoms with Crippen molar-refractivity contribution in [3.05, 3.63) is 18.2 Å². The summed E-state index contributed by atoms with van der Waals surface area (Å²) < 4.78 is 0. The summed E-state index contributed by atoms with van der Waals surface area (Å²) in [4.78, 5) is 29.2. The number of H-pyrrole nitrogens is 1. The fourth-order valence-corrected chi connectivity index (χ4v) is 1.45. The summed E-state index contributed by atoms with van der Waals surface area (Å²) in [5.41, 5.74) is 6.29. The van der Waals surface area contributed by atoms with Crippen molar-refractivity contribution in [2.24, 2.45) is 5.73 Å². The Labute approximate surface area is 105 Å². The molecular weight excluding hydrogens is 236 g/mol. The van der Waals surface area contributed by atoms with Gasteiger partial charge in [0.15, 0.2) is 0 Å². The maximum absolute atomic E-state index is 11.6. The largest absolute Gasteiger partial charge is 0.480 e. The number of nitrogens with one attached hydrogen (secondary N) is 2. The van der Waals surface area contributed by atoms with Gasteiger partial charge in [0.2, 0.25) is 5.91 Å². The molecule has 0 spiro atoms. The minimum atomic E-state index is -1.08. The van der Waals surface area contributed by atoms with Gasteiger partial charge >= 0.3 is 5.97 Å². The first-order valence-electron chi connectivity index (χ1n) is 5.78. The van der Waals surface area contributed by atoms with Crippen LogP contribution in [0, 0.1) is 0 Å². The van der Waals surface area contributed by atoms with Crippen LogP contribution in [-0.2, 0) is 16.0 Å². The molecule has 2 atom stereocenters. The van der Waals surface area contributed by atoms with E-state index in [1.165, 1.54) is 12.5 Å². The first-order chi connectivity index (χ1) is 8.52. The van der Waals surface area contributed by atoms with Crippen LogP contribution in [0.5, 0.6) is 0 Å². The van der Waals surface area contributed by atoms with Gasteiger partial charge in [0, 0.05) is 30.8 Å². The Balaban J connectivity index is 2.53. The topological polar surface area (TPSA) is 121 Å². The molecule has 0 aliphatic rings. The molecule has 0 aromatic carbocycles. The van der Waals surface area contributed by atoms with E-state index in [4.69, 9.17) is 10.8 Å². The molecule has 100 valence electrons. The molecule has 0 saturated heterocycles. The molecule has 0 aliphatic carbocycles. The van der Waals surface area contributed by atoms with Crippen LogP contribution in [0.1, 0.15) is 25.5 Å². The Bertz CT molecular complexity index is 391. The third kappa shape index (κ3) is 4.54. The van der Waals surface area contributed by atoms with Gasteiger partial charge in [-0.25, -0.2) is 9.78 Å². The smallest absolute Gasteiger partial charge is 0.326 e. The number of aromatic nitrogens is 2. The summed E-state index contributed by atoms with van der Waals surface area (Å²) in [6.07, 6.45) is 3.96. The van der Waals surface area contributed by atoms with Crippen LogP contribution in [0.3, 0.4) is 0 Å². The van der Waals surface area contributed by atoms with Crippen LogP contribution in [0.2, 0.25) is 0 Å². The van der Waals surface area contributed by atoms with Gasteiger partial charge in [0.1, 0.15) is 6.04 Å². The molecule has 1 amide bonds. The predicted molar refractivity (Wildman–Crippen MR) is 64.7 cm³/mol. The summed E-state index contributed by atoms with van der Waals surface area (Å²) in [5.74, 6) is -1.43. The van der Waals surface area contributed by atoms with E-state index in [0.717, 1.165) is 0 Å². The minimum Gasteiger partial charge on any atom is -0.480 e. The number of nitrogens with zero attached hydrogens (tertiary/aromatic N) is 1. The van der Waals surface area contributed by atoms with Crippen molar-refractivity contribution in [3.63, 3.8) is 0 Å². The number of carbonyl (C=O) groups is 2. The van der Waals surface area contributed by atoms with Crippen LogP contribution < -0.4 is 11.1 Å². The molecule has 18 heavy (non-hydrogen) atoms. The second-order valence-electron chi connectivity index (χ2n) is 4.11. The second kappa shape index (κ2) is 6.75. The predicted octanol–water partition coefficient (Wildman–Crippen LogP) is -0.351. The number of rotatable bonds is 7.